The number of halogens is 2. The SMILES string of the molecule is CCn1cc(COc2cc(F)ccc2C#CCCl)cn1. The molecule has 0 atom stereocenters. The second kappa shape index (κ2) is 6.97. The highest BCUT2D eigenvalue weighted by Crippen LogP contribution is 2.20. The molecule has 0 fully saturated rings. The third-order valence-corrected chi connectivity index (χ3v) is 2.77. The van der Waals surface area contributed by atoms with E-state index >= 15 is 0 Å². The van der Waals surface area contributed by atoms with E-state index in [-0.39, 0.29) is 11.7 Å². The number of ether oxygens (including phenoxy) is 1. The highest BCUT2D eigenvalue weighted by Gasteiger charge is 2.05. The predicted molar refractivity (Wildman–Crippen MR) is 76.2 cm³/mol. The average molecular weight is 293 g/mol. The molecule has 0 bridgehead atoms. The van der Waals surface area contributed by atoms with Crippen molar-refractivity contribution in [2.24, 2.45) is 0 Å². The summed E-state index contributed by atoms with van der Waals surface area (Å²) in [6.45, 7) is 3.12. The Kier molecular flexibility index (Phi) is 5.03. The summed E-state index contributed by atoms with van der Waals surface area (Å²) in [6, 6.07) is 4.25. The van der Waals surface area contributed by atoms with Crippen molar-refractivity contribution in [3.63, 3.8) is 0 Å². The number of benzene rings is 1. The molecule has 0 spiro atoms. The number of hydrogen-bond acceptors (Lipinski definition) is 2. The molecule has 0 saturated heterocycles. The van der Waals surface area contributed by atoms with Gasteiger partial charge in [-0.1, -0.05) is 11.8 Å². The van der Waals surface area contributed by atoms with Gasteiger partial charge in [-0.25, -0.2) is 4.39 Å². The zero-order valence-corrected chi connectivity index (χ0v) is 11.8. The van der Waals surface area contributed by atoms with Crippen LogP contribution in [0.15, 0.2) is 30.6 Å². The number of nitrogens with zero attached hydrogens (tertiary/aromatic N) is 2. The van der Waals surface area contributed by atoms with Crippen molar-refractivity contribution in [3.05, 3.63) is 47.5 Å². The maximum atomic E-state index is 13.3. The van der Waals surface area contributed by atoms with Crippen molar-refractivity contribution in [1.82, 2.24) is 9.78 Å². The van der Waals surface area contributed by atoms with E-state index in [0.717, 1.165) is 12.1 Å². The van der Waals surface area contributed by atoms with Crippen LogP contribution in [0.2, 0.25) is 0 Å². The number of aromatic nitrogens is 2. The van der Waals surface area contributed by atoms with E-state index in [0.29, 0.717) is 17.9 Å². The van der Waals surface area contributed by atoms with Crippen LogP contribution in [-0.4, -0.2) is 15.7 Å². The average Bonchev–Trinajstić information content (AvgIpc) is 2.92. The van der Waals surface area contributed by atoms with Gasteiger partial charge in [0.1, 0.15) is 18.2 Å². The van der Waals surface area contributed by atoms with E-state index in [9.17, 15) is 4.39 Å². The second-order valence-electron chi connectivity index (χ2n) is 4.07. The van der Waals surface area contributed by atoms with Crippen molar-refractivity contribution in [1.29, 1.82) is 0 Å². The van der Waals surface area contributed by atoms with Gasteiger partial charge in [-0.05, 0) is 19.1 Å². The summed E-state index contributed by atoms with van der Waals surface area (Å²) >= 11 is 5.53. The highest BCUT2D eigenvalue weighted by molar-refractivity contribution is 6.19. The molecule has 0 saturated carbocycles. The summed E-state index contributed by atoms with van der Waals surface area (Å²) in [5, 5.41) is 4.15. The molecule has 5 heteroatoms. The smallest absolute Gasteiger partial charge is 0.138 e. The molecule has 0 unspecified atom stereocenters. The monoisotopic (exact) mass is 292 g/mol. The maximum absolute atomic E-state index is 13.3. The minimum atomic E-state index is -0.360. The lowest BCUT2D eigenvalue weighted by Crippen LogP contribution is -1.97. The van der Waals surface area contributed by atoms with Crippen LogP contribution in [0.5, 0.6) is 5.75 Å². The molecule has 0 aliphatic carbocycles. The summed E-state index contributed by atoms with van der Waals surface area (Å²) in [5.74, 6) is 5.85. The van der Waals surface area contributed by atoms with Crippen LogP contribution in [0.1, 0.15) is 18.1 Å². The summed E-state index contributed by atoms with van der Waals surface area (Å²) in [6.07, 6.45) is 3.62. The molecule has 0 amide bonds. The molecular formula is C15H14ClFN2O. The topological polar surface area (TPSA) is 27.1 Å². The van der Waals surface area contributed by atoms with Gasteiger partial charge in [0.15, 0.2) is 0 Å². The predicted octanol–water partition coefficient (Wildman–Crippen LogP) is 3.21. The third kappa shape index (κ3) is 3.75. The number of alkyl halides is 1. The van der Waals surface area contributed by atoms with E-state index < -0.39 is 0 Å². The Bertz CT molecular complexity index is 643. The Labute approximate surface area is 122 Å². The lowest BCUT2D eigenvalue weighted by Gasteiger charge is -2.07. The van der Waals surface area contributed by atoms with Crippen molar-refractivity contribution in [2.75, 3.05) is 5.88 Å². The van der Waals surface area contributed by atoms with Crippen molar-refractivity contribution >= 4 is 11.6 Å². The Morgan fingerprint density at radius 2 is 2.30 bits per heavy atom. The fraction of sp³-hybridized carbons (Fsp3) is 0.267. The Morgan fingerprint density at radius 3 is 3.00 bits per heavy atom. The van der Waals surface area contributed by atoms with Gasteiger partial charge >= 0.3 is 0 Å². The third-order valence-electron chi connectivity index (χ3n) is 2.64. The first-order chi connectivity index (χ1) is 9.72. The maximum Gasteiger partial charge on any atom is 0.138 e. The fourth-order valence-corrected chi connectivity index (χ4v) is 1.73. The van der Waals surface area contributed by atoms with Gasteiger partial charge in [0.2, 0.25) is 0 Å². The molecule has 1 heterocycles. The first-order valence-corrected chi connectivity index (χ1v) is 6.75. The van der Waals surface area contributed by atoms with Gasteiger partial charge in [0, 0.05) is 24.4 Å². The number of aryl methyl sites for hydroxylation is 1. The molecule has 1 aromatic heterocycles. The van der Waals surface area contributed by atoms with E-state index in [4.69, 9.17) is 16.3 Å². The molecule has 2 rings (SSSR count). The molecule has 0 aliphatic heterocycles. The minimum absolute atomic E-state index is 0.222. The first-order valence-electron chi connectivity index (χ1n) is 6.21. The van der Waals surface area contributed by atoms with E-state index in [1.165, 1.54) is 12.1 Å². The van der Waals surface area contributed by atoms with Crippen LogP contribution in [0.25, 0.3) is 0 Å². The fourth-order valence-electron chi connectivity index (χ4n) is 1.66. The summed E-state index contributed by atoms with van der Waals surface area (Å²) in [4.78, 5) is 0. The van der Waals surface area contributed by atoms with Crippen LogP contribution in [0.3, 0.4) is 0 Å². The van der Waals surface area contributed by atoms with E-state index in [2.05, 4.69) is 16.9 Å². The van der Waals surface area contributed by atoms with Crippen LogP contribution in [-0.2, 0) is 13.2 Å². The van der Waals surface area contributed by atoms with Crippen molar-refractivity contribution in [3.8, 4) is 17.6 Å². The lowest BCUT2D eigenvalue weighted by molar-refractivity contribution is 0.303. The zero-order valence-electron chi connectivity index (χ0n) is 11.1. The van der Waals surface area contributed by atoms with Gasteiger partial charge in [-0.15, -0.1) is 11.6 Å². The quantitative estimate of drug-likeness (QED) is 0.639. The molecular weight excluding hydrogens is 279 g/mol. The zero-order chi connectivity index (χ0) is 14.4. The summed E-state index contributed by atoms with van der Waals surface area (Å²) in [5.41, 5.74) is 1.54. The Morgan fingerprint density at radius 1 is 1.45 bits per heavy atom. The number of hydrogen-bond donors (Lipinski definition) is 0. The molecule has 0 aliphatic rings. The van der Waals surface area contributed by atoms with E-state index in [1.807, 2.05) is 13.1 Å². The van der Waals surface area contributed by atoms with Crippen LogP contribution < -0.4 is 4.74 Å². The standard InChI is InChI=1S/C15H14ClFN2O/c1-2-19-10-12(9-18-19)11-20-15-8-14(17)6-5-13(15)4-3-7-16/h5-6,8-10H,2,7,11H2,1H3. The molecule has 0 radical (unpaired) electrons. The van der Waals surface area contributed by atoms with Gasteiger partial charge in [-0.2, -0.15) is 5.10 Å². The lowest BCUT2D eigenvalue weighted by atomic mass is 10.2. The molecule has 3 nitrogen and oxygen atoms in total. The second-order valence-corrected chi connectivity index (χ2v) is 4.34. The molecule has 2 aromatic rings. The van der Waals surface area contributed by atoms with Gasteiger partial charge in [-0.3, -0.25) is 4.68 Å². The van der Waals surface area contributed by atoms with Gasteiger partial charge in [0.05, 0.1) is 17.6 Å². The normalized spacial score (nSPS) is 9.95. The van der Waals surface area contributed by atoms with Crippen molar-refractivity contribution in [2.45, 2.75) is 20.1 Å². The Balaban J connectivity index is 2.13. The largest absolute Gasteiger partial charge is 0.487 e. The van der Waals surface area contributed by atoms with Crippen LogP contribution >= 0.6 is 11.6 Å². The Hall–Kier alpha value is -1.99. The van der Waals surface area contributed by atoms with Crippen LogP contribution in [0.4, 0.5) is 4.39 Å². The van der Waals surface area contributed by atoms with E-state index in [1.54, 1.807) is 16.9 Å². The molecule has 0 N–H and O–H groups in total. The minimum Gasteiger partial charge on any atom is -0.487 e. The summed E-state index contributed by atoms with van der Waals surface area (Å²) in [7, 11) is 0. The van der Waals surface area contributed by atoms with Gasteiger partial charge in [0.25, 0.3) is 0 Å². The first kappa shape index (κ1) is 14.4. The van der Waals surface area contributed by atoms with Crippen molar-refractivity contribution < 1.29 is 9.13 Å². The van der Waals surface area contributed by atoms with Gasteiger partial charge < -0.3 is 4.74 Å². The highest BCUT2D eigenvalue weighted by atomic mass is 35.5. The number of rotatable bonds is 4. The molecule has 20 heavy (non-hydrogen) atoms. The summed E-state index contributed by atoms with van der Waals surface area (Å²) < 4.78 is 20.7. The molecule has 104 valence electrons. The molecule has 1 aromatic carbocycles. The van der Waals surface area contributed by atoms with Crippen LogP contribution in [0, 0.1) is 17.7 Å².